The van der Waals surface area contributed by atoms with E-state index in [0.717, 1.165) is 0 Å². The van der Waals surface area contributed by atoms with Crippen LogP contribution in [0.15, 0.2) is 0 Å². The molecule has 0 radical (unpaired) electrons. The second kappa shape index (κ2) is 5.14. The van der Waals surface area contributed by atoms with Gasteiger partial charge in [-0.3, -0.25) is 0 Å². The third kappa shape index (κ3) is 9.96. The molecule has 3 N–H and O–H groups in total. The normalized spacial score (nSPS) is 15.0. The van der Waals surface area contributed by atoms with E-state index in [0.29, 0.717) is 4.48 Å². The van der Waals surface area contributed by atoms with Gasteiger partial charge in [-0.2, -0.15) is 0 Å². The summed E-state index contributed by atoms with van der Waals surface area (Å²) >= 11 is -5.23. The zero-order chi connectivity index (χ0) is 12.3. The predicted molar refractivity (Wildman–Crippen MR) is 50.9 cm³/mol. The zero-order valence-corrected chi connectivity index (χ0v) is 10.8. The standard InChI is InChI=1S/C7H16AsNO6/c1-9(2,3)5-6(4-7(10)11)15-8(12,13)14/h6H,4-5H2,1-3H3,(H2-,10,11,12,13,14)/p+1/t6-/m1/s1. The third-order valence-electron chi connectivity index (χ3n) is 1.44. The summed E-state index contributed by atoms with van der Waals surface area (Å²) in [6.07, 6.45) is -1.38. The van der Waals surface area contributed by atoms with Crippen LogP contribution in [-0.2, 0) is 12.3 Å². The van der Waals surface area contributed by atoms with E-state index < -0.39 is 33.0 Å². The van der Waals surface area contributed by atoms with Gasteiger partial charge in [0.25, 0.3) is 0 Å². The summed E-state index contributed by atoms with van der Waals surface area (Å²) in [5.74, 6) is -1.14. The van der Waals surface area contributed by atoms with Crippen molar-refractivity contribution in [2.75, 3.05) is 27.7 Å². The number of carboxylic acid groups (broad SMARTS) is 1. The zero-order valence-electron chi connectivity index (χ0n) is 8.95. The SMILES string of the molecule is C[N+](C)(C)C[C@@H](CC(=O)O)O[As](=O)(O)O. The molecule has 0 bridgehead atoms. The van der Waals surface area contributed by atoms with Crippen LogP contribution in [0, 0.1) is 0 Å². The van der Waals surface area contributed by atoms with E-state index >= 15 is 0 Å². The maximum absolute atomic E-state index is 10.6. The van der Waals surface area contributed by atoms with E-state index in [2.05, 4.69) is 3.73 Å². The number of nitrogens with zero attached hydrogens (tertiary/aromatic N) is 1. The molecule has 0 saturated carbocycles. The predicted octanol–water partition coefficient (Wildman–Crippen LogP) is -1.60. The molecule has 0 aliphatic rings. The van der Waals surface area contributed by atoms with E-state index in [1.165, 1.54) is 0 Å². The Kier molecular flexibility index (Phi) is 5.02. The van der Waals surface area contributed by atoms with Crippen LogP contribution in [0.1, 0.15) is 6.42 Å². The molecular weight excluding hydrogens is 269 g/mol. The Bertz CT molecular complexity index is 267. The van der Waals surface area contributed by atoms with Crippen molar-refractivity contribution >= 4 is 20.5 Å². The summed E-state index contributed by atoms with van der Waals surface area (Å²) in [6, 6.07) is 0. The minimum atomic E-state index is -5.23. The average Bonchev–Trinajstić information content (AvgIpc) is 1.73. The fraction of sp³-hybridized carbons (Fsp3) is 0.857. The van der Waals surface area contributed by atoms with Gasteiger partial charge in [-0.15, -0.1) is 0 Å². The fourth-order valence-electron chi connectivity index (χ4n) is 1.14. The first-order valence-corrected chi connectivity index (χ1v) is 7.47. The summed E-state index contributed by atoms with van der Waals surface area (Å²) in [5.41, 5.74) is 0. The summed E-state index contributed by atoms with van der Waals surface area (Å²) in [4.78, 5) is 10.4. The summed E-state index contributed by atoms with van der Waals surface area (Å²) < 4.78 is 32.8. The number of carbonyl (C=O) groups is 1. The van der Waals surface area contributed by atoms with Gasteiger partial charge in [0, 0.05) is 0 Å². The second-order valence-electron chi connectivity index (χ2n) is 4.29. The molecular formula is C7H17AsNO6+. The maximum atomic E-state index is 10.6. The van der Waals surface area contributed by atoms with E-state index in [1.54, 1.807) is 21.1 Å². The van der Waals surface area contributed by atoms with Crippen LogP contribution >= 0.6 is 0 Å². The molecule has 0 heterocycles. The van der Waals surface area contributed by atoms with Gasteiger partial charge < -0.3 is 0 Å². The van der Waals surface area contributed by atoms with E-state index in [1.807, 2.05) is 0 Å². The van der Waals surface area contributed by atoms with Crippen LogP contribution in [0.5, 0.6) is 0 Å². The number of aliphatic carboxylic acids is 1. The minimum absolute atomic E-state index is 0.221. The Morgan fingerprint density at radius 3 is 2.13 bits per heavy atom. The number of carboxylic acids is 1. The number of likely N-dealkylation sites (N-methyl/N-ethyl adjacent to an activating group) is 1. The number of quaternary nitrogens is 1. The van der Waals surface area contributed by atoms with Crippen LogP contribution < -0.4 is 0 Å². The fourth-order valence-corrected chi connectivity index (χ4v) is 2.25. The van der Waals surface area contributed by atoms with E-state index in [9.17, 15) is 8.53 Å². The second-order valence-corrected chi connectivity index (χ2v) is 6.79. The Labute approximate surface area is 91.2 Å². The molecule has 0 aliphatic carbocycles. The molecule has 90 valence electrons. The van der Waals surface area contributed by atoms with Crippen molar-refractivity contribution in [3.63, 3.8) is 0 Å². The van der Waals surface area contributed by atoms with E-state index in [4.69, 9.17) is 13.3 Å². The number of rotatable bonds is 6. The van der Waals surface area contributed by atoms with Crippen LogP contribution in [-0.4, -0.2) is 72.1 Å². The molecule has 15 heavy (non-hydrogen) atoms. The quantitative estimate of drug-likeness (QED) is 0.401. The third-order valence-corrected chi connectivity index (χ3v) is 2.64. The molecule has 7 nitrogen and oxygen atoms in total. The van der Waals surface area contributed by atoms with Crippen molar-refractivity contribution in [1.29, 1.82) is 0 Å². The van der Waals surface area contributed by atoms with Gasteiger partial charge in [0.05, 0.1) is 0 Å². The molecule has 0 aliphatic heterocycles. The van der Waals surface area contributed by atoms with Crippen molar-refractivity contribution in [2.45, 2.75) is 12.5 Å². The first kappa shape index (κ1) is 14.7. The summed E-state index contributed by atoms with van der Waals surface area (Å²) in [7, 11) is 5.35. The van der Waals surface area contributed by atoms with Gasteiger partial charge in [0.2, 0.25) is 0 Å². The van der Waals surface area contributed by atoms with Crippen molar-refractivity contribution in [3.8, 4) is 0 Å². The first-order chi connectivity index (χ1) is 6.49. The molecule has 0 unspecified atom stereocenters. The van der Waals surface area contributed by atoms with Gasteiger partial charge in [0.1, 0.15) is 0 Å². The van der Waals surface area contributed by atoms with Gasteiger partial charge in [-0.1, -0.05) is 0 Å². The molecule has 0 saturated heterocycles. The van der Waals surface area contributed by atoms with Crippen molar-refractivity contribution in [1.82, 2.24) is 0 Å². The number of hydrogen-bond acceptors (Lipinski definition) is 3. The van der Waals surface area contributed by atoms with Crippen molar-refractivity contribution in [3.05, 3.63) is 0 Å². The molecule has 8 heteroatoms. The van der Waals surface area contributed by atoms with Gasteiger partial charge in [0.15, 0.2) is 0 Å². The van der Waals surface area contributed by atoms with Crippen molar-refractivity contribution in [2.24, 2.45) is 0 Å². The first-order valence-electron chi connectivity index (χ1n) is 4.26. The molecule has 0 fully saturated rings. The Hall–Kier alpha value is -0.332. The Morgan fingerprint density at radius 2 is 1.87 bits per heavy atom. The topological polar surface area (TPSA) is 104 Å². The molecule has 0 amide bonds. The Morgan fingerprint density at radius 1 is 1.40 bits per heavy atom. The van der Waals surface area contributed by atoms with Gasteiger partial charge in [-0.05, 0) is 0 Å². The molecule has 0 aromatic rings. The van der Waals surface area contributed by atoms with Gasteiger partial charge in [-0.25, -0.2) is 0 Å². The number of hydrogen-bond donors (Lipinski definition) is 3. The monoisotopic (exact) mass is 286 g/mol. The average molecular weight is 286 g/mol. The molecule has 0 rings (SSSR count). The van der Waals surface area contributed by atoms with Crippen molar-refractivity contribution < 1.29 is 30.0 Å². The summed E-state index contributed by atoms with van der Waals surface area (Å²) in [5, 5.41) is 8.54. The molecule has 1 atom stereocenters. The van der Waals surface area contributed by atoms with Crippen LogP contribution in [0.4, 0.5) is 0 Å². The molecule has 0 aromatic carbocycles. The Balaban J connectivity index is 4.45. The van der Waals surface area contributed by atoms with Crippen LogP contribution in [0.3, 0.4) is 0 Å². The van der Waals surface area contributed by atoms with Gasteiger partial charge >= 0.3 is 90.7 Å². The van der Waals surface area contributed by atoms with Crippen LogP contribution in [0.25, 0.3) is 0 Å². The summed E-state index contributed by atoms with van der Waals surface area (Å²) in [6.45, 7) is 0.221. The van der Waals surface area contributed by atoms with E-state index in [-0.39, 0.29) is 6.54 Å². The molecule has 0 spiro atoms. The van der Waals surface area contributed by atoms with Crippen LogP contribution in [0.2, 0.25) is 0 Å². The molecule has 0 aromatic heterocycles.